The summed E-state index contributed by atoms with van der Waals surface area (Å²) in [5.74, 6) is 0.235. The Hall–Kier alpha value is -0.0900. The monoisotopic (exact) mass is 333 g/mol. The third-order valence-corrected chi connectivity index (χ3v) is 6.16. The molecule has 0 aromatic heterocycles. The predicted molar refractivity (Wildman–Crippen MR) is 97.8 cm³/mol. The van der Waals surface area contributed by atoms with E-state index in [0.29, 0.717) is 0 Å². The van der Waals surface area contributed by atoms with E-state index in [1.165, 1.54) is 51.4 Å². The molecule has 0 aliphatic heterocycles. The van der Waals surface area contributed by atoms with Crippen LogP contribution in [0, 0.1) is 0 Å². The van der Waals surface area contributed by atoms with Gasteiger partial charge in [0.05, 0.1) is 5.75 Å². The minimum Gasteiger partial charge on any atom is -0.212 e. The fourth-order valence-electron chi connectivity index (χ4n) is 2.71. The summed E-state index contributed by atoms with van der Waals surface area (Å²) in [6.45, 7) is 7.63. The van der Waals surface area contributed by atoms with Crippen molar-refractivity contribution >= 4 is 10.0 Å². The summed E-state index contributed by atoms with van der Waals surface area (Å²) >= 11 is 0. The van der Waals surface area contributed by atoms with Crippen LogP contribution in [0.5, 0.6) is 0 Å². The van der Waals surface area contributed by atoms with Crippen LogP contribution >= 0.6 is 0 Å². The molecular formula is C18H39NO2S. The van der Waals surface area contributed by atoms with Crippen molar-refractivity contribution in [1.29, 1.82) is 0 Å². The second kappa shape index (κ2) is 14.5. The lowest BCUT2D eigenvalue weighted by atomic mass is 10.1. The van der Waals surface area contributed by atoms with Gasteiger partial charge in [-0.2, -0.15) is 0 Å². The van der Waals surface area contributed by atoms with Gasteiger partial charge in [0.2, 0.25) is 10.0 Å². The van der Waals surface area contributed by atoms with Crippen LogP contribution in [0.25, 0.3) is 0 Å². The largest absolute Gasteiger partial charge is 0.213 e. The van der Waals surface area contributed by atoms with Gasteiger partial charge in [0, 0.05) is 13.1 Å². The minimum atomic E-state index is -3.02. The topological polar surface area (TPSA) is 37.4 Å². The smallest absolute Gasteiger partial charge is 0.212 e. The van der Waals surface area contributed by atoms with E-state index in [2.05, 4.69) is 13.8 Å². The van der Waals surface area contributed by atoms with Crippen molar-refractivity contribution in [3.63, 3.8) is 0 Å². The molecule has 0 spiro atoms. The van der Waals surface area contributed by atoms with E-state index in [-0.39, 0.29) is 5.75 Å². The first kappa shape index (κ1) is 21.9. The van der Waals surface area contributed by atoms with Crippen molar-refractivity contribution in [2.45, 2.75) is 97.8 Å². The first-order chi connectivity index (χ1) is 10.6. The number of sulfonamides is 1. The zero-order valence-electron chi connectivity index (χ0n) is 15.3. The standard InChI is InChI=1S/C18H39NO2S/c1-4-7-9-11-13-15-17-19(22(20,21)6-3)18-16-14-12-10-8-5-2/h4-18H2,1-3H3. The van der Waals surface area contributed by atoms with Crippen molar-refractivity contribution in [2.24, 2.45) is 0 Å². The lowest BCUT2D eigenvalue weighted by Gasteiger charge is -2.21. The summed E-state index contributed by atoms with van der Waals surface area (Å²) in [4.78, 5) is 0. The minimum absolute atomic E-state index is 0.235. The van der Waals surface area contributed by atoms with Gasteiger partial charge in [-0.15, -0.1) is 0 Å². The maximum atomic E-state index is 12.2. The highest BCUT2D eigenvalue weighted by Crippen LogP contribution is 2.12. The van der Waals surface area contributed by atoms with E-state index in [1.807, 2.05) is 0 Å². The van der Waals surface area contributed by atoms with Crippen LogP contribution in [-0.2, 0) is 10.0 Å². The molecule has 0 atom stereocenters. The van der Waals surface area contributed by atoms with E-state index in [1.54, 1.807) is 11.2 Å². The Bertz CT molecular complexity index is 312. The van der Waals surface area contributed by atoms with Crippen molar-refractivity contribution in [1.82, 2.24) is 4.31 Å². The van der Waals surface area contributed by atoms with Gasteiger partial charge in [-0.1, -0.05) is 78.1 Å². The van der Waals surface area contributed by atoms with E-state index in [0.717, 1.165) is 38.8 Å². The summed E-state index contributed by atoms with van der Waals surface area (Å²) in [6.07, 6.45) is 14.5. The molecule has 0 amide bonds. The molecule has 0 aromatic rings. The second-order valence-corrected chi connectivity index (χ2v) is 8.59. The van der Waals surface area contributed by atoms with Gasteiger partial charge in [0.1, 0.15) is 0 Å². The first-order valence-corrected chi connectivity index (χ1v) is 11.2. The third-order valence-electron chi connectivity index (χ3n) is 4.28. The van der Waals surface area contributed by atoms with Crippen molar-refractivity contribution in [3.8, 4) is 0 Å². The lowest BCUT2D eigenvalue weighted by Crippen LogP contribution is -2.34. The molecule has 0 saturated carbocycles. The molecule has 0 saturated heterocycles. The average molecular weight is 334 g/mol. The molecule has 0 heterocycles. The fraction of sp³-hybridized carbons (Fsp3) is 1.00. The van der Waals surface area contributed by atoms with Gasteiger partial charge >= 0.3 is 0 Å². The normalized spacial score (nSPS) is 12.2. The van der Waals surface area contributed by atoms with Crippen molar-refractivity contribution in [3.05, 3.63) is 0 Å². The van der Waals surface area contributed by atoms with Crippen LogP contribution in [0.1, 0.15) is 97.8 Å². The highest BCUT2D eigenvalue weighted by molar-refractivity contribution is 7.89. The summed E-state index contributed by atoms with van der Waals surface area (Å²) in [5.41, 5.74) is 0. The van der Waals surface area contributed by atoms with Crippen LogP contribution in [0.15, 0.2) is 0 Å². The highest BCUT2D eigenvalue weighted by Gasteiger charge is 2.18. The summed E-state index contributed by atoms with van der Waals surface area (Å²) in [5, 5.41) is 0. The molecule has 0 aromatic carbocycles. The third kappa shape index (κ3) is 11.5. The van der Waals surface area contributed by atoms with Crippen molar-refractivity contribution < 1.29 is 8.42 Å². The van der Waals surface area contributed by atoms with Crippen LogP contribution < -0.4 is 0 Å². The molecule has 3 nitrogen and oxygen atoms in total. The average Bonchev–Trinajstić information content (AvgIpc) is 2.51. The predicted octanol–water partition coefficient (Wildman–Crippen LogP) is 5.36. The van der Waals surface area contributed by atoms with E-state index >= 15 is 0 Å². The molecule has 134 valence electrons. The maximum Gasteiger partial charge on any atom is 0.213 e. The van der Waals surface area contributed by atoms with Gasteiger partial charge in [-0.3, -0.25) is 0 Å². The van der Waals surface area contributed by atoms with E-state index in [9.17, 15) is 8.42 Å². The Morgan fingerprint density at radius 3 is 1.32 bits per heavy atom. The summed E-state index contributed by atoms with van der Waals surface area (Å²) in [6, 6.07) is 0. The van der Waals surface area contributed by atoms with Gasteiger partial charge in [0.15, 0.2) is 0 Å². The summed E-state index contributed by atoms with van der Waals surface area (Å²) in [7, 11) is -3.02. The maximum absolute atomic E-state index is 12.2. The second-order valence-electron chi connectivity index (χ2n) is 6.34. The van der Waals surface area contributed by atoms with Crippen LogP contribution in [0.4, 0.5) is 0 Å². The van der Waals surface area contributed by atoms with Crippen LogP contribution in [0.2, 0.25) is 0 Å². The number of hydrogen-bond acceptors (Lipinski definition) is 2. The van der Waals surface area contributed by atoms with Gasteiger partial charge < -0.3 is 0 Å². The molecule has 4 heteroatoms. The number of rotatable bonds is 16. The van der Waals surface area contributed by atoms with Crippen molar-refractivity contribution in [2.75, 3.05) is 18.8 Å². The summed E-state index contributed by atoms with van der Waals surface area (Å²) < 4.78 is 26.1. The molecule has 0 aliphatic rings. The molecule has 0 unspecified atom stereocenters. The van der Waals surface area contributed by atoms with Gasteiger partial charge in [-0.25, -0.2) is 12.7 Å². The molecule has 0 radical (unpaired) electrons. The number of unbranched alkanes of at least 4 members (excludes halogenated alkanes) is 10. The Labute approximate surface area is 139 Å². The number of hydrogen-bond donors (Lipinski definition) is 0. The van der Waals surface area contributed by atoms with Gasteiger partial charge in [0.25, 0.3) is 0 Å². The Balaban J connectivity index is 3.97. The molecule has 22 heavy (non-hydrogen) atoms. The zero-order valence-corrected chi connectivity index (χ0v) is 16.1. The quantitative estimate of drug-likeness (QED) is 0.357. The lowest BCUT2D eigenvalue weighted by molar-refractivity contribution is 0.384. The molecule has 0 N–H and O–H groups in total. The molecule has 0 aliphatic carbocycles. The van der Waals surface area contributed by atoms with E-state index < -0.39 is 10.0 Å². The number of nitrogens with zero attached hydrogens (tertiary/aromatic N) is 1. The first-order valence-electron chi connectivity index (χ1n) is 9.56. The van der Waals surface area contributed by atoms with Gasteiger partial charge in [-0.05, 0) is 19.8 Å². The highest BCUT2D eigenvalue weighted by atomic mass is 32.2. The molecular weight excluding hydrogens is 294 g/mol. The molecule has 0 fully saturated rings. The molecule has 0 bridgehead atoms. The van der Waals surface area contributed by atoms with Crippen LogP contribution in [-0.4, -0.2) is 31.6 Å². The zero-order chi connectivity index (χ0) is 16.7. The van der Waals surface area contributed by atoms with E-state index in [4.69, 9.17) is 0 Å². The van der Waals surface area contributed by atoms with Crippen LogP contribution in [0.3, 0.4) is 0 Å². The SMILES string of the molecule is CCCCCCCCN(CCCCCCCC)S(=O)(=O)CC. The molecule has 0 rings (SSSR count). The Morgan fingerprint density at radius 2 is 0.955 bits per heavy atom. The fourth-order valence-corrected chi connectivity index (χ4v) is 3.89. The Kier molecular flexibility index (Phi) is 14.4. The Morgan fingerprint density at radius 1 is 0.591 bits per heavy atom.